The summed E-state index contributed by atoms with van der Waals surface area (Å²) in [6.45, 7) is 4.92. The molecule has 2 N–H and O–H groups in total. The predicted octanol–water partition coefficient (Wildman–Crippen LogP) is 2.54. The monoisotopic (exact) mass is 231 g/mol. The highest BCUT2D eigenvalue weighted by Crippen LogP contribution is 2.47. The normalized spacial score (nSPS) is 22.9. The minimum atomic E-state index is 0.542. The standard InChI is InChI=1S/C13H17N3O/c1-8-5-11(8)12-4-3-10(17-12)7-16-9(2)6-15-13(16)14/h3-4,6,8,11H,5,7H2,1-2H3,(H2,14,15). The van der Waals surface area contributed by atoms with Gasteiger partial charge < -0.3 is 14.7 Å². The van der Waals surface area contributed by atoms with E-state index in [-0.39, 0.29) is 0 Å². The van der Waals surface area contributed by atoms with Crippen molar-refractivity contribution in [2.75, 3.05) is 5.73 Å². The van der Waals surface area contributed by atoms with Gasteiger partial charge in [-0.3, -0.25) is 0 Å². The number of nitrogens with two attached hydrogens (primary N) is 1. The van der Waals surface area contributed by atoms with Crippen molar-refractivity contribution in [2.45, 2.75) is 32.7 Å². The fourth-order valence-electron chi connectivity index (χ4n) is 2.24. The Labute approximate surface area is 100 Å². The third kappa shape index (κ3) is 1.84. The van der Waals surface area contributed by atoms with Crippen LogP contribution in [-0.2, 0) is 6.54 Å². The number of hydrogen-bond donors (Lipinski definition) is 1. The Hall–Kier alpha value is -1.71. The number of anilines is 1. The average Bonchev–Trinajstić information content (AvgIpc) is 2.73. The molecule has 2 atom stereocenters. The van der Waals surface area contributed by atoms with Crippen molar-refractivity contribution in [3.05, 3.63) is 35.5 Å². The Morgan fingerprint density at radius 2 is 2.29 bits per heavy atom. The SMILES string of the molecule is Cc1cnc(N)n1Cc1ccc(C2CC2C)o1. The van der Waals surface area contributed by atoms with Gasteiger partial charge >= 0.3 is 0 Å². The van der Waals surface area contributed by atoms with Gasteiger partial charge in [0.1, 0.15) is 11.5 Å². The zero-order valence-electron chi connectivity index (χ0n) is 10.2. The molecule has 2 unspecified atom stereocenters. The second-order valence-electron chi connectivity index (χ2n) is 4.97. The molecule has 0 bridgehead atoms. The molecule has 0 radical (unpaired) electrons. The van der Waals surface area contributed by atoms with Crippen LogP contribution in [0.3, 0.4) is 0 Å². The summed E-state index contributed by atoms with van der Waals surface area (Å²) in [6.07, 6.45) is 3.03. The molecular formula is C13H17N3O. The maximum atomic E-state index is 5.86. The van der Waals surface area contributed by atoms with Gasteiger partial charge in [-0.1, -0.05) is 6.92 Å². The number of imidazole rings is 1. The smallest absolute Gasteiger partial charge is 0.200 e. The molecule has 0 saturated heterocycles. The predicted molar refractivity (Wildman–Crippen MR) is 65.7 cm³/mol. The van der Waals surface area contributed by atoms with E-state index in [2.05, 4.69) is 18.0 Å². The highest BCUT2D eigenvalue weighted by Gasteiger charge is 2.36. The molecular weight excluding hydrogens is 214 g/mol. The molecule has 1 saturated carbocycles. The number of rotatable bonds is 3. The minimum Gasteiger partial charge on any atom is -0.464 e. The number of hydrogen-bond acceptors (Lipinski definition) is 3. The average molecular weight is 231 g/mol. The second-order valence-corrected chi connectivity index (χ2v) is 4.97. The molecule has 0 spiro atoms. The Balaban J connectivity index is 1.79. The first-order chi connectivity index (χ1) is 8.15. The van der Waals surface area contributed by atoms with Crippen LogP contribution in [0.25, 0.3) is 0 Å². The zero-order chi connectivity index (χ0) is 12.0. The largest absolute Gasteiger partial charge is 0.464 e. The lowest BCUT2D eigenvalue weighted by Crippen LogP contribution is -2.05. The zero-order valence-corrected chi connectivity index (χ0v) is 10.2. The summed E-state index contributed by atoms with van der Waals surface area (Å²) in [5.74, 6) is 4.01. The summed E-state index contributed by atoms with van der Waals surface area (Å²) in [4.78, 5) is 4.08. The van der Waals surface area contributed by atoms with Gasteiger partial charge in [-0.2, -0.15) is 0 Å². The van der Waals surface area contributed by atoms with E-state index in [4.69, 9.17) is 10.2 Å². The van der Waals surface area contributed by atoms with E-state index in [1.807, 2.05) is 17.6 Å². The first-order valence-corrected chi connectivity index (χ1v) is 6.01. The fourth-order valence-corrected chi connectivity index (χ4v) is 2.24. The molecule has 3 rings (SSSR count). The van der Waals surface area contributed by atoms with E-state index in [1.165, 1.54) is 6.42 Å². The molecule has 2 aromatic rings. The van der Waals surface area contributed by atoms with Crippen molar-refractivity contribution >= 4 is 5.95 Å². The summed E-state index contributed by atoms with van der Waals surface area (Å²) < 4.78 is 7.81. The first kappa shape index (κ1) is 10.4. The van der Waals surface area contributed by atoms with Gasteiger partial charge in [0.25, 0.3) is 0 Å². The van der Waals surface area contributed by atoms with Gasteiger partial charge in [0, 0.05) is 11.6 Å². The lowest BCUT2D eigenvalue weighted by molar-refractivity contribution is 0.450. The van der Waals surface area contributed by atoms with Crippen LogP contribution in [0.2, 0.25) is 0 Å². The lowest BCUT2D eigenvalue weighted by atomic mass is 10.3. The van der Waals surface area contributed by atoms with Crippen LogP contribution in [0, 0.1) is 12.8 Å². The number of furan rings is 1. The van der Waals surface area contributed by atoms with Gasteiger partial charge in [-0.25, -0.2) is 4.98 Å². The van der Waals surface area contributed by atoms with Crippen molar-refractivity contribution in [2.24, 2.45) is 5.92 Å². The van der Waals surface area contributed by atoms with Crippen LogP contribution >= 0.6 is 0 Å². The molecule has 0 aliphatic heterocycles. The molecule has 4 heteroatoms. The van der Waals surface area contributed by atoms with Gasteiger partial charge in [-0.15, -0.1) is 0 Å². The molecule has 1 aliphatic rings. The number of nitrogens with zero attached hydrogens (tertiary/aromatic N) is 2. The molecule has 0 amide bonds. The topological polar surface area (TPSA) is 57.0 Å². The third-order valence-corrected chi connectivity index (χ3v) is 3.56. The molecule has 1 fully saturated rings. The Morgan fingerprint density at radius 3 is 2.88 bits per heavy atom. The van der Waals surface area contributed by atoms with E-state index >= 15 is 0 Å². The molecule has 4 nitrogen and oxygen atoms in total. The van der Waals surface area contributed by atoms with Crippen LogP contribution in [0.15, 0.2) is 22.7 Å². The summed E-state index contributed by atoms with van der Waals surface area (Å²) in [5.41, 5.74) is 6.86. The van der Waals surface area contributed by atoms with E-state index in [0.29, 0.717) is 18.4 Å². The van der Waals surface area contributed by atoms with Gasteiger partial charge in [0.15, 0.2) is 0 Å². The third-order valence-electron chi connectivity index (χ3n) is 3.56. The van der Waals surface area contributed by atoms with Crippen molar-refractivity contribution in [3.63, 3.8) is 0 Å². The number of aromatic nitrogens is 2. The van der Waals surface area contributed by atoms with Crippen molar-refractivity contribution in [3.8, 4) is 0 Å². The van der Waals surface area contributed by atoms with E-state index in [9.17, 15) is 0 Å². The van der Waals surface area contributed by atoms with E-state index < -0.39 is 0 Å². The van der Waals surface area contributed by atoms with E-state index in [0.717, 1.165) is 23.1 Å². The Kier molecular flexibility index (Phi) is 2.24. The molecule has 17 heavy (non-hydrogen) atoms. The first-order valence-electron chi connectivity index (χ1n) is 6.01. The van der Waals surface area contributed by atoms with Crippen LogP contribution in [0.5, 0.6) is 0 Å². The molecule has 0 aromatic carbocycles. The van der Waals surface area contributed by atoms with Gasteiger partial charge in [0.05, 0.1) is 12.7 Å². The summed E-state index contributed by atoms with van der Waals surface area (Å²) >= 11 is 0. The molecule has 2 aromatic heterocycles. The molecule has 90 valence electrons. The second kappa shape index (κ2) is 3.65. The van der Waals surface area contributed by atoms with Crippen LogP contribution in [-0.4, -0.2) is 9.55 Å². The van der Waals surface area contributed by atoms with Gasteiger partial charge in [0.2, 0.25) is 5.95 Å². The van der Waals surface area contributed by atoms with Crippen molar-refractivity contribution < 1.29 is 4.42 Å². The number of aryl methyl sites for hydroxylation is 1. The summed E-state index contributed by atoms with van der Waals surface area (Å²) in [5, 5.41) is 0. The highest BCUT2D eigenvalue weighted by molar-refractivity contribution is 5.24. The number of nitrogen functional groups attached to an aromatic ring is 1. The lowest BCUT2D eigenvalue weighted by Gasteiger charge is -2.04. The fraction of sp³-hybridized carbons (Fsp3) is 0.462. The van der Waals surface area contributed by atoms with Crippen LogP contribution in [0.1, 0.15) is 36.5 Å². The molecule has 2 heterocycles. The minimum absolute atomic E-state index is 0.542. The highest BCUT2D eigenvalue weighted by atomic mass is 16.3. The van der Waals surface area contributed by atoms with E-state index in [1.54, 1.807) is 6.20 Å². The van der Waals surface area contributed by atoms with Gasteiger partial charge in [-0.05, 0) is 31.4 Å². The van der Waals surface area contributed by atoms with Crippen LogP contribution < -0.4 is 5.73 Å². The summed E-state index contributed by atoms with van der Waals surface area (Å²) in [7, 11) is 0. The Bertz CT molecular complexity index is 521. The van der Waals surface area contributed by atoms with Crippen molar-refractivity contribution in [1.29, 1.82) is 0 Å². The van der Waals surface area contributed by atoms with Crippen LogP contribution in [0.4, 0.5) is 5.95 Å². The maximum Gasteiger partial charge on any atom is 0.200 e. The quantitative estimate of drug-likeness (QED) is 0.883. The maximum absolute atomic E-state index is 5.86. The molecule has 1 aliphatic carbocycles. The Morgan fingerprint density at radius 1 is 1.53 bits per heavy atom. The summed E-state index contributed by atoms with van der Waals surface area (Å²) in [6, 6.07) is 4.13. The van der Waals surface area contributed by atoms with Crippen molar-refractivity contribution in [1.82, 2.24) is 9.55 Å².